The van der Waals surface area contributed by atoms with Crippen LogP contribution in [0.5, 0.6) is 0 Å². The zero-order valence-electron chi connectivity index (χ0n) is 12.1. The van der Waals surface area contributed by atoms with Crippen molar-refractivity contribution in [1.29, 1.82) is 0 Å². The van der Waals surface area contributed by atoms with Gasteiger partial charge < -0.3 is 4.90 Å². The molecule has 0 saturated carbocycles. The van der Waals surface area contributed by atoms with Crippen LogP contribution in [-0.2, 0) is 0 Å². The maximum absolute atomic E-state index is 14.0. The summed E-state index contributed by atoms with van der Waals surface area (Å²) in [6, 6.07) is 3.88. The Balaban J connectivity index is 1.91. The third-order valence-electron chi connectivity index (χ3n) is 3.84. The quantitative estimate of drug-likeness (QED) is 0.923. The number of piperidine rings is 1. The van der Waals surface area contributed by atoms with E-state index in [1.807, 2.05) is 6.92 Å². The van der Waals surface area contributed by atoms with E-state index in [0.717, 1.165) is 25.3 Å². The van der Waals surface area contributed by atoms with Gasteiger partial charge in [-0.3, -0.25) is 9.89 Å². The molecule has 22 heavy (non-hydrogen) atoms. The highest BCUT2D eigenvalue weighted by atomic mass is 35.5. The van der Waals surface area contributed by atoms with Gasteiger partial charge in [-0.2, -0.15) is 5.10 Å². The number of carbonyl (C=O) groups excluding carboxylic acids is 1. The number of likely N-dealkylation sites (tertiary alicyclic amines) is 1. The number of benzene rings is 1. The van der Waals surface area contributed by atoms with Gasteiger partial charge in [0.25, 0.3) is 5.91 Å². The monoisotopic (exact) mass is 322 g/mol. The molecule has 1 aromatic carbocycles. The predicted octanol–water partition coefficient (Wildman–Crippen LogP) is 3.27. The van der Waals surface area contributed by atoms with Crippen molar-refractivity contribution >= 4 is 17.5 Å². The number of rotatable bonds is 2. The summed E-state index contributed by atoms with van der Waals surface area (Å²) in [4.78, 5) is 18.7. The Hall–Kier alpha value is -1.95. The Morgan fingerprint density at radius 1 is 1.45 bits per heavy atom. The molecule has 1 aliphatic rings. The first-order valence-electron chi connectivity index (χ1n) is 7.21. The van der Waals surface area contributed by atoms with Crippen LogP contribution in [-0.4, -0.2) is 32.5 Å². The number of halogens is 2. The second-order valence-electron chi connectivity index (χ2n) is 5.41. The SMILES string of the molecule is Cc1nc([C@H]2CCCCN2C(=O)c2ccc(Cl)cc2F)n[nH]1. The first kappa shape index (κ1) is 15.0. The van der Waals surface area contributed by atoms with Crippen LogP contribution in [0.3, 0.4) is 0 Å². The van der Waals surface area contributed by atoms with Crippen molar-refractivity contribution in [1.82, 2.24) is 20.1 Å². The lowest BCUT2D eigenvalue weighted by atomic mass is 10.00. The summed E-state index contributed by atoms with van der Waals surface area (Å²) in [7, 11) is 0. The molecule has 1 saturated heterocycles. The van der Waals surface area contributed by atoms with E-state index >= 15 is 0 Å². The lowest BCUT2D eigenvalue weighted by molar-refractivity contribution is 0.0595. The van der Waals surface area contributed by atoms with E-state index in [2.05, 4.69) is 15.2 Å². The topological polar surface area (TPSA) is 61.9 Å². The predicted molar refractivity (Wildman–Crippen MR) is 80.2 cm³/mol. The van der Waals surface area contributed by atoms with Crippen molar-refractivity contribution in [3.8, 4) is 0 Å². The molecule has 1 fully saturated rings. The maximum Gasteiger partial charge on any atom is 0.257 e. The molecule has 0 aliphatic carbocycles. The molecule has 7 heteroatoms. The molecule has 0 radical (unpaired) electrons. The van der Waals surface area contributed by atoms with Gasteiger partial charge in [-0.1, -0.05) is 11.6 Å². The van der Waals surface area contributed by atoms with Gasteiger partial charge in [0.15, 0.2) is 5.82 Å². The summed E-state index contributed by atoms with van der Waals surface area (Å²) in [6.07, 6.45) is 2.66. The summed E-state index contributed by atoms with van der Waals surface area (Å²) in [5, 5.41) is 7.22. The molecule has 3 rings (SSSR count). The molecule has 0 unspecified atom stereocenters. The molecular formula is C15H16ClFN4O. The van der Waals surface area contributed by atoms with E-state index in [-0.39, 0.29) is 22.5 Å². The fraction of sp³-hybridized carbons (Fsp3) is 0.400. The zero-order chi connectivity index (χ0) is 15.7. The largest absolute Gasteiger partial charge is 0.328 e. The molecule has 2 heterocycles. The molecule has 1 amide bonds. The summed E-state index contributed by atoms with van der Waals surface area (Å²) in [5.74, 6) is 0.333. The number of hydrogen-bond donors (Lipinski definition) is 1. The fourth-order valence-corrected chi connectivity index (χ4v) is 2.93. The minimum atomic E-state index is -0.604. The number of carbonyl (C=O) groups is 1. The molecular weight excluding hydrogens is 307 g/mol. The summed E-state index contributed by atoms with van der Waals surface area (Å²) in [6.45, 7) is 2.38. The normalized spacial score (nSPS) is 18.5. The molecule has 5 nitrogen and oxygen atoms in total. The first-order chi connectivity index (χ1) is 10.6. The van der Waals surface area contributed by atoms with Gasteiger partial charge in [0.1, 0.15) is 11.6 Å². The first-order valence-corrected chi connectivity index (χ1v) is 7.59. The molecule has 116 valence electrons. The van der Waals surface area contributed by atoms with Gasteiger partial charge in [-0.25, -0.2) is 9.37 Å². The van der Waals surface area contributed by atoms with Crippen LogP contribution in [0.2, 0.25) is 5.02 Å². The van der Waals surface area contributed by atoms with Gasteiger partial charge in [-0.05, 0) is 44.4 Å². The Kier molecular flexibility index (Phi) is 4.11. The fourth-order valence-electron chi connectivity index (χ4n) is 2.77. The van der Waals surface area contributed by atoms with Gasteiger partial charge >= 0.3 is 0 Å². The van der Waals surface area contributed by atoms with Crippen LogP contribution in [0, 0.1) is 12.7 Å². The highest BCUT2D eigenvalue weighted by Gasteiger charge is 2.32. The van der Waals surface area contributed by atoms with E-state index in [1.165, 1.54) is 12.1 Å². The van der Waals surface area contributed by atoms with E-state index in [0.29, 0.717) is 18.2 Å². The van der Waals surface area contributed by atoms with Crippen LogP contribution < -0.4 is 0 Å². The van der Waals surface area contributed by atoms with Crippen molar-refractivity contribution in [3.05, 3.63) is 46.3 Å². The standard InChI is InChI=1S/C15H16ClFN4O/c1-9-18-14(20-19-9)13-4-2-3-7-21(13)15(22)11-6-5-10(16)8-12(11)17/h5-6,8,13H,2-4,7H2,1H3,(H,18,19,20)/t13-/m1/s1. The Bertz CT molecular complexity index is 703. The van der Waals surface area contributed by atoms with Crippen molar-refractivity contribution in [2.24, 2.45) is 0 Å². The number of nitrogens with zero attached hydrogens (tertiary/aromatic N) is 3. The minimum Gasteiger partial charge on any atom is -0.328 e. The number of aromatic nitrogens is 3. The number of H-pyrrole nitrogens is 1. The van der Waals surface area contributed by atoms with Crippen molar-refractivity contribution in [2.75, 3.05) is 6.54 Å². The summed E-state index contributed by atoms with van der Waals surface area (Å²) >= 11 is 5.75. The number of aromatic amines is 1. The van der Waals surface area contributed by atoms with Gasteiger partial charge in [-0.15, -0.1) is 0 Å². The second kappa shape index (κ2) is 6.04. The maximum atomic E-state index is 14.0. The summed E-state index contributed by atoms with van der Waals surface area (Å²) in [5.41, 5.74) is 0.0311. The number of hydrogen-bond acceptors (Lipinski definition) is 3. The molecule has 1 aliphatic heterocycles. The van der Waals surface area contributed by atoms with Crippen molar-refractivity contribution < 1.29 is 9.18 Å². The Morgan fingerprint density at radius 3 is 2.95 bits per heavy atom. The van der Waals surface area contributed by atoms with Crippen LogP contribution >= 0.6 is 11.6 Å². The second-order valence-corrected chi connectivity index (χ2v) is 5.85. The van der Waals surface area contributed by atoms with E-state index in [4.69, 9.17) is 11.6 Å². The molecule has 1 N–H and O–H groups in total. The average molecular weight is 323 g/mol. The molecule has 1 aromatic heterocycles. The van der Waals surface area contributed by atoms with Crippen molar-refractivity contribution in [3.63, 3.8) is 0 Å². The average Bonchev–Trinajstić information content (AvgIpc) is 2.93. The Labute approximate surface area is 132 Å². The highest BCUT2D eigenvalue weighted by molar-refractivity contribution is 6.30. The number of amides is 1. The number of aryl methyl sites for hydroxylation is 1. The lowest BCUT2D eigenvalue weighted by Crippen LogP contribution is -2.39. The van der Waals surface area contributed by atoms with Gasteiger partial charge in [0.05, 0.1) is 11.6 Å². The van der Waals surface area contributed by atoms with Crippen LogP contribution in [0.25, 0.3) is 0 Å². The third-order valence-corrected chi connectivity index (χ3v) is 4.07. The molecule has 0 spiro atoms. The van der Waals surface area contributed by atoms with E-state index in [9.17, 15) is 9.18 Å². The van der Waals surface area contributed by atoms with Crippen LogP contribution in [0.15, 0.2) is 18.2 Å². The molecule has 2 aromatic rings. The molecule has 0 bridgehead atoms. The smallest absolute Gasteiger partial charge is 0.257 e. The van der Waals surface area contributed by atoms with Gasteiger partial charge in [0, 0.05) is 11.6 Å². The van der Waals surface area contributed by atoms with Crippen LogP contribution in [0.1, 0.15) is 47.3 Å². The van der Waals surface area contributed by atoms with Crippen molar-refractivity contribution in [2.45, 2.75) is 32.2 Å². The van der Waals surface area contributed by atoms with Crippen LogP contribution in [0.4, 0.5) is 4.39 Å². The summed E-state index contributed by atoms with van der Waals surface area (Å²) < 4.78 is 14.0. The zero-order valence-corrected chi connectivity index (χ0v) is 12.9. The van der Waals surface area contributed by atoms with E-state index < -0.39 is 5.82 Å². The van der Waals surface area contributed by atoms with Gasteiger partial charge in [0.2, 0.25) is 0 Å². The highest BCUT2D eigenvalue weighted by Crippen LogP contribution is 2.31. The van der Waals surface area contributed by atoms with E-state index in [1.54, 1.807) is 4.90 Å². The Morgan fingerprint density at radius 2 is 2.27 bits per heavy atom. The number of nitrogens with one attached hydrogen (secondary N) is 1. The lowest BCUT2D eigenvalue weighted by Gasteiger charge is -2.34. The minimum absolute atomic E-state index is 0.0311. The molecule has 1 atom stereocenters. The third kappa shape index (κ3) is 2.83.